The number of fused-ring (bicyclic) bond motifs is 2. The number of carbonyl (C=O) groups is 1. The number of nitrogens with one attached hydrogen (secondary N) is 2. The molecule has 2 aromatic carbocycles. The van der Waals surface area contributed by atoms with Crippen LogP contribution in [0.4, 0.5) is 11.6 Å². The third-order valence-corrected chi connectivity index (χ3v) is 7.88. The van der Waals surface area contributed by atoms with Crippen molar-refractivity contribution < 1.29 is 4.79 Å². The molecular weight excluding hydrogens is 488 g/mol. The Bertz CT molecular complexity index is 1630. The molecule has 2 aliphatic rings. The molecule has 1 aliphatic heterocycles. The number of ketones is 1. The van der Waals surface area contributed by atoms with E-state index in [9.17, 15) is 9.59 Å². The quantitative estimate of drug-likeness (QED) is 0.386. The fraction of sp³-hybridized carbons (Fsp3) is 0.290. The van der Waals surface area contributed by atoms with Crippen LogP contribution in [0.1, 0.15) is 51.8 Å². The van der Waals surface area contributed by atoms with Crippen molar-refractivity contribution in [2.75, 3.05) is 32.5 Å². The average Bonchev–Trinajstić information content (AvgIpc) is 3.48. The normalized spacial score (nSPS) is 18.7. The Morgan fingerprint density at radius 3 is 2.64 bits per heavy atom. The summed E-state index contributed by atoms with van der Waals surface area (Å²) in [5, 5.41) is 7.43. The molecular formula is C31H32N6O2. The van der Waals surface area contributed by atoms with Gasteiger partial charge in [0.15, 0.2) is 5.78 Å². The van der Waals surface area contributed by atoms with Crippen LogP contribution >= 0.6 is 0 Å². The van der Waals surface area contributed by atoms with E-state index in [1.165, 1.54) is 5.56 Å². The minimum atomic E-state index is -0.362. The monoisotopic (exact) mass is 520 g/mol. The Morgan fingerprint density at radius 2 is 1.90 bits per heavy atom. The molecule has 8 heteroatoms. The first-order valence-electron chi connectivity index (χ1n) is 13.4. The zero-order chi connectivity index (χ0) is 27.1. The molecule has 198 valence electrons. The molecule has 8 nitrogen and oxygen atoms in total. The first-order chi connectivity index (χ1) is 18.9. The summed E-state index contributed by atoms with van der Waals surface area (Å²) in [5.41, 5.74) is 5.22. The third kappa shape index (κ3) is 4.72. The first-order valence-corrected chi connectivity index (χ1v) is 13.4. The lowest BCUT2D eigenvalue weighted by Gasteiger charge is -2.27. The van der Waals surface area contributed by atoms with Gasteiger partial charge in [0.2, 0.25) is 5.95 Å². The van der Waals surface area contributed by atoms with Gasteiger partial charge in [-0.25, -0.2) is 4.98 Å². The van der Waals surface area contributed by atoms with Crippen molar-refractivity contribution in [2.45, 2.75) is 31.2 Å². The molecule has 39 heavy (non-hydrogen) atoms. The van der Waals surface area contributed by atoms with Crippen molar-refractivity contribution in [1.82, 2.24) is 24.8 Å². The second kappa shape index (κ2) is 10.1. The number of carbonyl (C=O) groups excluding carboxylic acids is 1. The van der Waals surface area contributed by atoms with E-state index in [1.54, 1.807) is 16.8 Å². The first kappa shape index (κ1) is 25.0. The van der Waals surface area contributed by atoms with Gasteiger partial charge in [-0.15, -0.1) is 0 Å². The zero-order valence-corrected chi connectivity index (χ0v) is 22.3. The standard InChI is InChI=1S/C31H32N6O2/c1-19(36(2)3)27-15-23-18-33-31(34-24-10-8-20(9-11-24)22-12-13-32-17-22)35-29(23)37(30(27)39)25-14-21-6-4-5-7-26(21)28(38)16-25/h4-11,15,18,22,25,32H,1,12-14,16-17H2,2-3H3,(H,33,34,35). The number of pyridine rings is 1. The van der Waals surface area contributed by atoms with Crippen LogP contribution in [-0.4, -0.2) is 52.4 Å². The number of aromatic nitrogens is 3. The molecule has 2 unspecified atom stereocenters. The number of nitrogens with zero attached hydrogens (tertiary/aromatic N) is 4. The molecule has 0 spiro atoms. The molecule has 4 aromatic rings. The number of rotatable bonds is 6. The molecule has 0 radical (unpaired) electrons. The van der Waals surface area contributed by atoms with Crippen LogP contribution in [0.2, 0.25) is 0 Å². The fourth-order valence-electron chi connectivity index (χ4n) is 5.68. The van der Waals surface area contributed by atoms with Gasteiger partial charge in [-0.1, -0.05) is 43.0 Å². The Hall–Kier alpha value is -4.30. The van der Waals surface area contributed by atoms with E-state index in [-0.39, 0.29) is 23.8 Å². The van der Waals surface area contributed by atoms with Gasteiger partial charge in [-0.05, 0) is 54.6 Å². The van der Waals surface area contributed by atoms with E-state index in [4.69, 9.17) is 4.98 Å². The van der Waals surface area contributed by atoms with Crippen LogP contribution in [-0.2, 0) is 6.42 Å². The lowest BCUT2D eigenvalue weighted by Crippen LogP contribution is -2.34. The van der Waals surface area contributed by atoms with Crippen LogP contribution in [0.15, 0.2) is 72.2 Å². The molecule has 2 N–H and O–H groups in total. The smallest absolute Gasteiger partial charge is 0.261 e. The summed E-state index contributed by atoms with van der Waals surface area (Å²) in [6, 6.07) is 17.4. The van der Waals surface area contributed by atoms with E-state index < -0.39 is 0 Å². The van der Waals surface area contributed by atoms with Crippen molar-refractivity contribution in [1.29, 1.82) is 0 Å². The minimum absolute atomic E-state index is 0.0312. The molecule has 1 fully saturated rings. The highest BCUT2D eigenvalue weighted by atomic mass is 16.1. The van der Waals surface area contributed by atoms with Gasteiger partial charge in [0.05, 0.1) is 11.6 Å². The summed E-state index contributed by atoms with van der Waals surface area (Å²) in [6.07, 6.45) is 3.67. The van der Waals surface area contributed by atoms with E-state index in [0.29, 0.717) is 40.6 Å². The van der Waals surface area contributed by atoms with E-state index >= 15 is 0 Å². The maximum atomic E-state index is 14.0. The van der Waals surface area contributed by atoms with Gasteiger partial charge in [-0.3, -0.25) is 14.2 Å². The van der Waals surface area contributed by atoms with Crippen LogP contribution in [0.3, 0.4) is 0 Å². The summed E-state index contributed by atoms with van der Waals surface area (Å²) in [5.74, 6) is 0.969. The SMILES string of the molecule is C=C(c1cc2cnc(Nc3ccc(C4CCNC4)cc3)nc2n(C2CC(=O)c3ccccc3C2)c1=O)N(C)C. The van der Waals surface area contributed by atoms with E-state index in [1.807, 2.05) is 55.4 Å². The molecule has 0 bridgehead atoms. The molecule has 3 heterocycles. The van der Waals surface area contributed by atoms with Gasteiger partial charge in [0.25, 0.3) is 5.56 Å². The fourth-order valence-corrected chi connectivity index (χ4v) is 5.68. The van der Waals surface area contributed by atoms with Crippen LogP contribution in [0, 0.1) is 0 Å². The second-order valence-electron chi connectivity index (χ2n) is 10.6. The van der Waals surface area contributed by atoms with Gasteiger partial charge in [0.1, 0.15) is 5.65 Å². The third-order valence-electron chi connectivity index (χ3n) is 7.88. The number of Topliss-reactive ketones (excluding diaryl/α,β-unsaturated/α-hetero) is 1. The van der Waals surface area contributed by atoms with Crippen molar-refractivity contribution in [3.8, 4) is 0 Å². The zero-order valence-electron chi connectivity index (χ0n) is 22.3. The molecule has 2 atom stereocenters. The average molecular weight is 521 g/mol. The minimum Gasteiger partial charge on any atom is -0.377 e. The number of benzene rings is 2. The largest absolute Gasteiger partial charge is 0.377 e. The number of anilines is 2. The second-order valence-corrected chi connectivity index (χ2v) is 10.6. The Labute approximate surface area is 227 Å². The molecule has 6 rings (SSSR count). The number of hydrogen-bond acceptors (Lipinski definition) is 7. The highest BCUT2D eigenvalue weighted by Crippen LogP contribution is 2.31. The van der Waals surface area contributed by atoms with Crippen molar-refractivity contribution in [2.24, 2.45) is 0 Å². The van der Waals surface area contributed by atoms with Gasteiger partial charge < -0.3 is 15.5 Å². The molecule has 0 saturated carbocycles. The topological polar surface area (TPSA) is 92.1 Å². The number of hydrogen-bond donors (Lipinski definition) is 2. The highest BCUT2D eigenvalue weighted by Gasteiger charge is 2.29. The molecule has 1 aliphatic carbocycles. The lowest BCUT2D eigenvalue weighted by atomic mass is 9.87. The van der Waals surface area contributed by atoms with E-state index in [2.05, 4.69) is 34.3 Å². The molecule has 2 aromatic heterocycles. The summed E-state index contributed by atoms with van der Waals surface area (Å²) < 4.78 is 1.68. The lowest BCUT2D eigenvalue weighted by molar-refractivity contribution is 0.0951. The molecule has 1 saturated heterocycles. The Kier molecular flexibility index (Phi) is 6.48. The van der Waals surface area contributed by atoms with Gasteiger partial charge >= 0.3 is 0 Å². The maximum Gasteiger partial charge on any atom is 0.261 e. The maximum absolute atomic E-state index is 14.0. The van der Waals surface area contributed by atoms with Crippen molar-refractivity contribution >= 4 is 34.1 Å². The van der Waals surface area contributed by atoms with Gasteiger partial charge in [-0.2, -0.15) is 4.98 Å². The predicted molar refractivity (Wildman–Crippen MR) is 155 cm³/mol. The van der Waals surface area contributed by atoms with Gasteiger partial charge in [0, 0.05) is 55.6 Å². The predicted octanol–water partition coefficient (Wildman–Crippen LogP) is 4.51. The van der Waals surface area contributed by atoms with Crippen molar-refractivity contribution in [3.63, 3.8) is 0 Å². The summed E-state index contributed by atoms with van der Waals surface area (Å²) in [4.78, 5) is 38.2. The Balaban J connectivity index is 1.41. The molecule has 0 amide bonds. The van der Waals surface area contributed by atoms with Crippen LogP contribution in [0.5, 0.6) is 0 Å². The summed E-state index contributed by atoms with van der Waals surface area (Å²) in [6.45, 7) is 6.19. The Morgan fingerprint density at radius 1 is 1.10 bits per heavy atom. The van der Waals surface area contributed by atoms with Crippen molar-refractivity contribution in [3.05, 3.63) is 100.0 Å². The van der Waals surface area contributed by atoms with Crippen LogP contribution in [0.25, 0.3) is 16.7 Å². The summed E-state index contributed by atoms with van der Waals surface area (Å²) >= 11 is 0. The highest BCUT2D eigenvalue weighted by molar-refractivity contribution is 5.99. The van der Waals surface area contributed by atoms with E-state index in [0.717, 1.165) is 36.3 Å². The summed E-state index contributed by atoms with van der Waals surface area (Å²) in [7, 11) is 3.71. The van der Waals surface area contributed by atoms with Crippen LogP contribution < -0.4 is 16.2 Å².